The van der Waals surface area contributed by atoms with Gasteiger partial charge in [-0.1, -0.05) is 13.8 Å². The van der Waals surface area contributed by atoms with E-state index in [1.54, 1.807) is 4.68 Å². The van der Waals surface area contributed by atoms with E-state index in [4.69, 9.17) is 10.5 Å². The third-order valence-corrected chi connectivity index (χ3v) is 2.67. The van der Waals surface area contributed by atoms with Crippen LogP contribution in [0, 0.1) is 0 Å². The fraction of sp³-hybridized carbons (Fsp3) is 0.727. The minimum absolute atomic E-state index is 0.201. The minimum atomic E-state index is -0.201. The van der Waals surface area contributed by atoms with Gasteiger partial charge >= 0.3 is 0 Å². The number of rotatable bonds is 4. The van der Waals surface area contributed by atoms with E-state index in [1.807, 2.05) is 27.8 Å². The number of aromatic nitrogens is 2. The van der Waals surface area contributed by atoms with Crippen LogP contribution in [0.3, 0.4) is 0 Å². The van der Waals surface area contributed by atoms with Crippen molar-refractivity contribution in [3.63, 3.8) is 0 Å². The smallest absolute Gasteiger partial charge is 0.236 e. The third kappa shape index (κ3) is 2.43. The highest BCUT2D eigenvalue weighted by Gasteiger charge is 2.22. The first kappa shape index (κ1) is 11.9. The molecule has 2 N–H and O–H groups in total. The molecule has 4 nitrogen and oxygen atoms in total. The van der Waals surface area contributed by atoms with Crippen molar-refractivity contribution in [3.8, 4) is 5.88 Å². The molecule has 86 valence electrons. The highest BCUT2D eigenvalue weighted by molar-refractivity contribution is 5.53. The molecule has 0 atom stereocenters. The predicted octanol–water partition coefficient (Wildman–Crippen LogP) is 2.13. The molecule has 0 fully saturated rings. The molecule has 0 saturated heterocycles. The standard InChI is InChI=1S/C11H21N3O/c1-6-8-9(12)10(14(5)13-8)15-11(3,4)7-2/h6-7,12H2,1-5H3. The van der Waals surface area contributed by atoms with E-state index in [-0.39, 0.29) is 5.60 Å². The molecule has 1 rings (SSSR count). The van der Waals surface area contributed by atoms with Gasteiger partial charge in [0.2, 0.25) is 5.88 Å². The Labute approximate surface area is 91.4 Å². The highest BCUT2D eigenvalue weighted by Crippen LogP contribution is 2.29. The van der Waals surface area contributed by atoms with Gasteiger partial charge in [0.1, 0.15) is 11.3 Å². The van der Waals surface area contributed by atoms with Crippen LogP contribution in [-0.4, -0.2) is 15.4 Å². The van der Waals surface area contributed by atoms with Crippen molar-refractivity contribution in [2.24, 2.45) is 7.05 Å². The average Bonchev–Trinajstić information content (AvgIpc) is 2.45. The number of nitrogens with zero attached hydrogens (tertiary/aromatic N) is 2. The maximum atomic E-state index is 5.97. The maximum Gasteiger partial charge on any atom is 0.236 e. The molecule has 0 radical (unpaired) electrons. The van der Waals surface area contributed by atoms with Crippen molar-refractivity contribution in [1.29, 1.82) is 0 Å². The Balaban J connectivity index is 2.99. The van der Waals surface area contributed by atoms with Gasteiger partial charge in [-0.25, -0.2) is 4.68 Å². The van der Waals surface area contributed by atoms with Gasteiger partial charge in [-0.2, -0.15) is 5.10 Å². The van der Waals surface area contributed by atoms with E-state index in [0.29, 0.717) is 11.6 Å². The molecule has 0 bridgehead atoms. The summed E-state index contributed by atoms with van der Waals surface area (Å²) in [5, 5.41) is 4.31. The average molecular weight is 211 g/mol. The second-order valence-electron chi connectivity index (χ2n) is 4.36. The van der Waals surface area contributed by atoms with Crippen LogP contribution in [0.1, 0.15) is 39.8 Å². The van der Waals surface area contributed by atoms with Crippen molar-refractivity contribution in [2.45, 2.75) is 46.1 Å². The summed E-state index contributed by atoms with van der Waals surface area (Å²) in [5.74, 6) is 0.679. The van der Waals surface area contributed by atoms with E-state index in [1.165, 1.54) is 0 Å². The van der Waals surface area contributed by atoms with Crippen LogP contribution in [0.4, 0.5) is 5.69 Å². The van der Waals surface area contributed by atoms with E-state index in [2.05, 4.69) is 12.0 Å². The van der Waals surface area contributed by atoms with Gasteiger partial charge in [0.15, 0.2) is 0 Å². The number of nitrogen functional groups attached to an aromatic ring is 1. The molecule has 1 aromatic rings. The van der Waals surface area contributed by atoms with Crippen molar-refractivity contribution in [3.05, 3.63) is 5.69 Å². The van der Waals surface area contributed by atoms with Gasteiger partial charge in [0.05, 0.1) is 5.69 Å². The van der Waals surface area contributed by atoms with Crippen LogP contribution in [0.15, 0.2) is 0 Å². The van der Waals surface area contributed by atoms with Crippen molar-refractivity contribution < 1.29 is 4.74 Å². The summed E-state index contributed by atoms with van der Waals surface area (Å²) in [6.45, 7) is 8.22. The predicted molar refractivity (Wildman–Crippen MR) is 62.0 cm³/mol. The van der Waals surface area contributed by atoms with Crippen LogP contribution >= 0.6 is 0 Å². The van der Waals surface area contributed by atoms with Gasteiger partial charge in [-0.05, 0) is 26.7 Å². The number of hydrogen-bond donors (Lipinski definition) is 1. The molecule has 0 aliphatic carbocycles. The number of hydrogen-bond acceptors (Lipinski definition) is 3. The molecule has 0 spiro atoms. The molecule has 0 saturated carbocycles. The Bertz CT molecular complexity index is 342. The molecule has 1 aromatic heterocycles. The van der Waals surface area contributed by atoms with E-state index in [9.17, 15) is 0 Å². The van der Waals surface area contributed by atoms with Gasteiger partial charge in [-0.15, -0.1) is 0 Å². The minimum Gasteiger partial charge on any atom is -0.470 e. The zero-order valence-electron chi connectivity index (χ0n) is 10.3. The Kier molecular flexibility index (Phi) is 3.27. The molecule has 15 heavy (non-hydrogen) atoms. The first-order valence-corrected chi connectivity index (χ1v) is 5.41. The molecular weight excluding hydrogens is 190 g/mol. The Morgan fingerprint density at radius 3 is 2.40 bits per heavy atom. The molecule has 0 aromatic carbocycles. The van der Waals surface area contributed by atoms with Crippen LogP contribution in [0.25, 0.3) is 0 Å². The molecule has 0 aliphatic heterocycles. The van der Waals surface area contributed by atoms with Gasteiger partial charge < -0.3 is 10.5 Å². The molecular formula is C11H21N3O. The van der Waals surface area contributed by atoms with E-state index < -0.39 is 0 Å². The number of aryl methyl sites for hydroxylation is 2. The first-order chi connectivity index (χ1) is 6.91. The van der Waals surface area contributed by atoms with Gasteiger partial charge in [0, 0.05) is 7.05 Å². The molecule has 1 heterocycles. The zero-order valence-corrected chi connectivity index (χ0v) is 10.3. The topological polar surface area (TPSA) is 53.1 Å². The Morgan fingerprint density at radius 2 is 2.00 bits per heavy atom. The normalized spacial score (nSPS) is 11.8. The van der Waals surface area contributed by atoms with Crippen molar-refractivity contribution in [2.75, 3.05) is 5.73 Å². The first-order valence-electron chi connectivity index (χ1n) is 5.41. The SMILES string of the molecule is CCc1nn(C)c(OC(C)(C)CC)c1N. The molecule has 0 amide bonds. The molecule has 0 unspecified atom stereocenters. The number of nitrogens with two attached hydrogens (primary N) is 1. The lowest BCUT2D eigenvalue weighted by Crippen LogP contribution is -2.28. The quantitative estimate of drug-likeness (QED) is 0.830. The second-order valence-corrected chi connectivity index (χ2v) is 4.36. The number of ether oxygens (including phenoxy) is 1. The summed E-state index contributed by atoms with van der Waals surface area (Å²) in [4.78, 5) is 0. The monoisotopic (exact) mass is 211 g/mol. The van der Waals surface area contributed by atoms with E-state index >= 15 is 0 Å². The van der Waals surface area contributed by atoms with Crippen LogP contribution in [0.2, 0.25) is 0 Å². The highest BCUT2D eigenvalue weighted by atomic mass is 16.5. The summed E-state index contributed by atoms with van der Waals surface area (Å²) in [6, 6.07) is 0. The summed E-state index contributed by atoms with van der Waals surface area (Å²) < 4.78 is 7.58. The Hall–Kier alpha value is -1.19. The third-order valence-electron chi connectivity index (χ3n) is 2.67. The second kappa shape index (κ2) is 4.13. The fourth-order valence-corrected chi connectivity index (χ4v) is 1.29. The van der Waals surface area contributed by atoms with Crippen LogP contribution in [0.5, 0.6) is 5.88 Å². The van der Waals surface area contributed by atoms with Crippen molar-refractivity contribution in [1.82, 2.24) is 9.78 Å². The summed E-state index contributed by atoms with van der Waals surface area (Å²) in [7, 11) is 1.86. The van der Waals surface area contributed by atoms with Gasteiger partial charge in [-0.3, -0.25) is 0 Å². The van der Waals surface area contributed by atoms with Gasteiger partial charge in [0.25, 0.3) is 0 Å². The van der Waals surface area contributed by atoms with Crippen molar-refractivity contribution >= 4 is 5.69 Å². The largest absolute Gasteiger partial charge is 0.470 e. The summed E-state index contributed by atoms with van der Waals surface area (Å²) in [5.41, 5.74) is 7.34. The summed E-state index contributed by atoms with van der Waals surface area (Å²) >= 11 is 0. The van der Waals surface area contributed by atoms with E-state index in [0.717, 1.165) is 18.5 Å². The lowest BCUT2D eigenvalue weighted by molar-refractivity contribution is 0.0942. The number of anilines is 1. The summed E-state index contributed by atoms with van der Waals surface area (Å²) in [6.07, 6.45) is 1.76. The fourth-order valence-electron chi connectivity index (χ4n) is 1.29. The lowest BCUT2D eigenvalue weighted by Gasteiger charge is -2.24. The van der Waals surface area contributed by atoms with Crippen LogP contribution < -0.4 is 10.5 Å². The molecule has 0 aliphatic rings. The Morgan fingerprint density at radius 1 is 1.40 bits per heavy atom. The maximum absolute atomic E-state index is 5.97. The zero-order chi connectivity index (χ0) is 11.6. The molecule has 4 heteroatoms. The lowest BCUT2D eigenvalue weighted by atomic mass is 10.1. The van der Waals surface area contributed by atoms with Crippen LogP contribution in [-0.2, 0) is 13.5 Å².